The van der Waals surface area contributed by atoms with E-state index in [2.05, 4.69) is 6.58 Å². The highest BCUT2D eigenvalue weighted by Gasteiger charge is 2.47. The average Bonchev–Trinajstić information content (AvgIpc) is 2.50. The SMILES string of the molecule is C=CCCCCO[C@H]1OC[C@@H](OC(C)=O)[C@H](OC(C)=O)[C@H]1OC(C)=O. The van der Waals surface area contributed by atoms with E-state index in [9.17, 15) is 14.4 Å². The van der Waals surface area contributed by atoms with E-state index < -0.39 is 42.5 Å². The lowest BCUT2D eigenvalue weighted by Gasteiger charge is -2.40. The molecule has 1 heterocycles. The fourth-order valence-electron chi connectivity index (χ4n) is 2.44. The summed E-state index contributed by atoms with van der Waals surface area (Å²) in [5, 5.41) is 0. The van der Waals surface area contributed by atoms with Gasteiger partial charge in [-0.2, -0.15) is 0 Å². The molecule has 1 aliphatic heterocycles. The first-order valence-electron chi connectivity index (χ1n) is 8.21. The highest BCUT2D eigenvalue weighted by Crippen LogP contribution is 2.25. The molecule has 0 unspecified atom stereocenters. The Balaban J connectivity index is 2.82. The van der Waals surface area contributed by atoms with E-state index in [4.69, 9.17) is 23.7 Å². The van der Waals surface area contributed by atoms with Crippen molar-refractivity contribution in [3.05, 3.63) is 12.7 Å². The summed E-state index contributed by atoms with van der Waals surface area (Å²) in [6.07, 6.45) is 0.528. The molecule has 8 heteroatoms. The number of rotatable bonds is 9. The Hall–Kier alpha value is -1.93. The Morgan fingerprint density at radius 2 is 1.60 bits per heavy atom. The van der Waals surface area contributed by atoms with Gasteiger partial charge in [0.2, 0.25) is 0 Å². The van der Waals surface area contributed by atoms with Crippen molar-refractivity contribution < 1.29 is 38.1 Å². The first kappa shape index (κ1) is 21.1. The maximum absolute atomic E-state index is 11.4. The maximum Gasteiger partial charge on any atom is 0.303 e. The molecule has 25 heavy (non-hydrogen) atoms. The zero-order chi connectivity index (χ0) is 18.8. The second-order valence-electron chi connectivity index (χ2n) is 5.65. The van der Waals surface area contributed by atoms with Crippen LogP contribution < -0.4 is 0 Å². The Morgan fingerprint density at radius 3 is 2.16 bits per heavy atom. The minimum Gasteiger partial charge on any atom is -0.456 e. The standard InChI is InChI=1S/C17H26O8/c1-5-6-7-8-9-21-17-16(25-13(4)20)15(24-12(3)19)14(10-22-17)23-11(2)18/h5,14-17H,1,6-10H2,2-4H3/t14-,15+,16-,17+/m1/s1. The molecule has 0 radical (unpaired) electrons. The summed E-state index contributed by atoms with van der Waals surface area (Å²) < 4.78 is 26.8. The maximum atomic E-state index is 11.4. The summed E-state index contributed by atoms with van der Waals surface area (Å²) in [4.78, 5) is 34.1. The highest BCUT2D eigenvalue weighted by molar-refractivity contribution is 5.68. The van der Waals surface area contributed by atoms with Crippen molar-refractivity contribution in [2.24, 2.45) is 0 Å². The van der Waals surface area contributed by atoms with Crippen LogP contribution >= 0.6 is 0 Å². The van der Waals surface area contributed by atoms with Crippen molar-refractivity contribution in [1.82, 2.24) is 0 Å². The molecule has 0 bridgehead atoms. The molecule has 0 spiro atoms. The monoisotopic (exact) mass is 358 g/mol. The van der Waals surface area contributed by atoms with Gasteiger partial charge in [0.1, 0.15) is 0 Å². The van der Waals surface area contributed by atoms with Crippen LogP contribution in [0.5, 0.6) is 0 Å². The molecular formula is C17H26O8. The number of allylic oxidation sites excluding steroid dienone is 1. The first-order valence-corrected chi connectivity index (χ1v) is 8.21. The molecule has 0 amide bonds. The van der Waals surface area contributed by atoms with Gasteiger partial charge in [-0.25, -0.2) is 0 Å². The van der Waals surface area contributed by atoms with E-state index >= 15 is 0 Å². The van der Waals surface area contributed by atoms with Crippen LogP contribution in [0.1, 0.15) is 40.0 Å². The normalized spacial score (nSPS) is 25.7. The third kappa shape index (κ3) is 7.66. The zero-order valence-electron chi connectivity index (χ0n) is 14.9. The first-order chi connectivity index (χ1) is 11.8. The van der Waals surface area contributed by atoms with Gasteiger partial charge in [0.15, 0.2) is 24.6 Å². The summed E-state index contributed by atoms with van der Waals surface area (Å²) in [5.41, 5.74) is 0. The molecule has 0 aliphatic carbocycles. The lowest BCUT2D eigenvalue weighted by Crippen LogP contribution is -2.58. The van der Waals surface area contributed by atoms with Gasteiger partial charge in [0.05, 0.1) is 6.61 Å². The molecule has 0 aromatic carbocycles. The molecule has 1 rings (SSSR count). The van der Waals surface area contributed by atoms with E-state index in [0.717, 1.165) is 19.3 Å². The number of esters is 3. The fraction of sp³-hybridized carbons (Fsp3) is 0.706. The van der Waals surface area contributed by atoms with Crippen molar-refractivity contribution in [2.75, 3.05) is 13.2 Å². The zero-order valence-corrected chi connectivity index (χ0v) is 14.9. The van der Waals surface area contributed by atoms with Gasteiger partial charge in [0.25, 0.3) is 0 Å². The number of hydrogen-bond acceptors (Lipinski definition) is 8. The van der Waals surface area contributed by atoms with Crippen LogP contribution in [0.2, 0.25) is 0 Å². The van der Waals surface area contributed by atoms with Gasteiger partial charge in [0, 0.05) is 27.4 Å². The third-order valence-electron chi connectivity index (χ3n) is 3.39. The lowest BCUT2D eigenvalue weighted by atomic mass is 10.0. The number of unbranched alkanes of at least 4 members (excludes halogenated alkanes) is 2. The molecule has 1 saturated heterocycles. The predicted molar refractivity (Wildman–Crippen MR) is 86.4 cm³/mol. The van der Waals surface area contributed by atoms with Crippen molar-refractivity contribution in [2.45, 2.75) is 64.6 Å². The second-order valence-corrected chi connectivity index (χ2v) is 5.65. The van der Waals surface area contributed by atoms with Gasteiger partial charge >= 0.3 is 17.9 Å². The molecule has 1 aliphatic rings. The summed E-state index contributed by atoms with van der Waals surface area (Å²) in [6.45, 7) is 7.66. The minimum atomic E-state index is -1.03. The summed E-state index contributed by atoms with van der Waals surface area (Å²) in [5.74, 6) is -1.74. The van der Waals surface area contributed by atoms with Crippen LogP contribution in [0.15, 0.2) is 12.7 Å². The molecule has 0 aromatic rings. The van der Waals surface area contributed by atoms with Crippen molar-refractivity contribution in [1.29, 1.82) is 0 Å². The lowest BCUT2D eigenvalue weighted by molar-refractivity contribution is -0.281. The van der Waals surface area contributed by atoms with Crippen molar-refractivity contribution in [3.8, 4) is 0 Å². The summed E-state index contributed by atoms with van der Waals surface area (Å²) in [7, 11) is 0. The molecule has 1 fully saturated rings. The van der Waals surface area contributed by atoms with Crippen molar-refractivity contribution in [3.63, 3.8) is 0 Å². The van der Waals surface area contributed by atoms with Gasteiger partial charge in [-0.3, -0.25) is 14.4 Å². The summed E-state index contributed by atoms with van der Waals surface area (Å²) >= 11 is 0. The molecule has 0 saturated carbocycles. The van der Waals surface area contributed by atoms with Crippen molar-refractivity contribution >= 4 is 17.9 Å². The molecule has 0 aromatic heterocycles. The van der Waals surface area contributed by atoms with Gasteiger partial charge in [-0.1, -0.05) is 6.08 Å². The Labute approximate surface area is 147 Å². The van der Waals surface area contributed by atoms with Crippen LogP contribution in [0.3, 0.4) is 0 Å². The quantitative estimate of drug-likeness (QED) is 0.265. The predicted octanol–water partition coefficient (Wildman–Crippen LogP) is 1.51. The minimum absolute atomic E-state index is 0.0351. The number of ether oxygens (including phenoxy) is 5. The third-order valence-corrected chi connectivity index (χ3v) is 3.39. The number of carbonyl (C=O) groups excluding carboxylic acids is 3. The van der Waals surface area contributed by atoms with Crippen LogP contribution in [-0.2, 0) is 38.1 Å². The molecule has 4 atom stereocenters. The number of hydrogen-bond donors (Lipinski definition) is 0. The van der Waals surface area contributed by atoms with Gasteiger partial charge in [-0.15, -0.1) is 6.58 Å². The number of carbonyl (C=O) groups is 3. The Bertz CT molecular complexity index is 475. The summed E-state index contributed by atoms with van der Waals surface area (Å²) in [6, 6.07) is 0. The van der Waals surface area contributed by atoms with Gasteiger partial charge in [-0.05, 0) is 19.3 Å². The molecule has 142 valence electrons. The molecule has 0 N–H and O–H groups in total. The molecule has 8 nitrogen and oxygen atoms in total. The Morgan fingerprint density at radius 1 is 1.00 bits per heavy atom. The second kappa shape index (κ2) is 10.8. The van der Waals surface area contributed by atoms with Crippen LogP contribution in [0.25, 0.3) is 0 Å². The van der Waals surface area contributed by atoms with E-state index in [1.807, 2.05) is 6.08 Å². The highest BCUT2D eigenvalue weighted by atomic mass is 16.7. The van der Waals surface area contributed by atoms with Crippen LogP contribution in [0, 0.1) is 0 Å². The van der Waals surface area contributed by atoms with E-state index in [1.165, 1.54) is 20.8 Å². The van der Waals surface area contributed by atoms with E-state index in [0.29, 0.717) is 6.61 Å². The largest absolute Gasteiger partial charge is 0.456 e. The van der Waals surface area contributed by atoms with Crippen LogP contribution in [0.4, 0.5) is 0 Å². The van der Waals surface area contributed by atoms with Gasteiger partial charge < -0.3 is 23.7 Å². The fourth-order valence-corrected chi connectivity index (χ4v) is 2.44. The average molecular weight is 358 g/mol. The molecular weight excluding hydrogens is 332 g/mol. The van der Waals surface area contributed by atoms with E-state index in [1.54, 1.807) is 0 Å². The van der Waals surface area contributed by atoms with Crippen LogP contribution in [-0.4, -0.2) is 55.7 Å². The topological polar surface area (TPSA) is 97.4 Å². The Kier molecular flexibility index (Phi) is 9.15. The van der Waals surface area contributed by atoms with E-state index in [-0.39, 0.29) is 6.61 Å². The smallest absolute Gasteiger partial charge is 0.303 e.